The van der Waals surface area contributed by atoms with Crippen LogP contribution in [-0.4, -0.2) is 91.6 Å². The average molecular weight is 664 g/mol. The van der Waals surface area contributed by atoms with Gasteiger partial charge in [-0.25, -0.2) is 13.2 Å². The van der Waals surface area contributed by atoms with Crippen LogP contribution in [0.2, 0.25) is 0 Å². The summed E-state index contributed by atoms with van der Waals surface area (Å²) in [5.41, 5.74) is -1.92. The summed E-state index contributed by atoms with van der Waals surface area (Å²) in [6, 6.07) is -3.75. The molecule has 12 nitrogen and oxygen atoms in total. The van der Waals surface area contributed by atoms with Crippen molar-refractivity contribution in [3.05, 3.63) is 0 Å². The van der Waals surface area contributed by atoms with Gasteiger partial charge in [-0.1, -0.05) is 60.8 Å². The van der Waals surface area contributed by atoms with Crippen LogP contribution >= 0.6 is 0 Å². The van der Waals surface area contributed by atoms with Crippen LogP contribution in [0.4, 0.5) is 4.79 Å². The van der Waals surface area contributed by atoms with Crippen LogP contribution in [0.15, 0.2) is 0 Å². The lowest BCUT2D eigenvalue weighted by molar-refractivity contribution is -0.145. The Morgan fingerprint density at radius 3 is 2.22 bits per heavy atom. The third-order valence-electron chi connectivity index (χ3n) is 9.85. The lowest BCUT2D eigenvalue weighted by atomic mass is 9.83. The van der Waals surface area contributed by atoms with Crippen LogP contribution in [0.25, 0.3) is 0 Å². The highest BCUT2D eigenvalue weighted by Crippen LogP contribution is 2.65. The number of hydrogen-bond donors (Lipinski definition) is 4. The van der Waals surface area contributed by atoms with Gasteiger partial charge in [0.05, 0.1) is 17.3 Å². The van der Waals surface area contributed by atoms with Gasteiger partial charge in [0.2, 0.25) is 17.6 Å². The third-order valence-corrected chi connectivity index (χ3v) is 10.9. The molecule has 5 atom stereocenters. The van der Waals surface area contributed by atoms with Crippen molar-refractivity contribution >= 4 is 39.4 Å². The second kappa shape index (κ2) is 14.3. The molecule has 0 aromatic rings. The predicted molar refractivity (Wildman–Crippen MR) is 175 cm³/mol. The number of urea groups is 1. The Hall–Kier alpha value is -3.14. The van der Waals surface area contributed by atoms with Crippen LogP contribution in [0.1, 0.15) is 92.9 Å². The Labute approximate surface area is 274 Å². The highest BCUT2D eigenvalue weighted by atomic mass is 32.2. The van der Waals surface area contributed by atoms with Gasteiger partial charge in [-0.2, -0.15) is 0 Å². The molecule has 2 aliphatic carbocycles. The van der Waals surface area contributed by atoms with Gasteiger partial charge in [-0.3, -0.25) is 19.2 Å². The number of sulfone groups is 1. The summed E-state index contributed by atoms with van der Waals surface area (Å²) in [4.78, 5) is 68.7. The van der Waals surface area contributed by atoms with E-state index in [4.69, 9.17) is 6.42 Å². The maximum absolute atomic E-state index is 14.3. The molecule has 0 spiro atoms. The number of Topliss-reactive ketones (excluding diaryl/α,β-unsaturated/α-hetero) is 1. The van der Waals surface area contributed by atoms with Crippen molar-refractivity contribution in [1.82, 2.24) is 26.2 Å². The standard InChI is InChI=1S/C33H53N5O7S/c1-9-11-15-22(25(39)28(41)34-18-10-2)35-27(40)24-23-21(32(23,6)7)19-38(24)29(42)26(31(3,4)5)36-30(43)37-33(20-46(8,44)45)16-13-12-14-17-33/h1,21-24,26H,10-20H2,2-8H3,(H,34,41)(H,35,40)(H2,36,37,43)/t21?,22?,23?,24-,26+/m0/s1. The fraction of sp³-hybridized carbons (Fsp3) is 0.788. The number of carbonyl (C=O) groups excluding carboxylic acids is 5. The van der Waals surface area contributed by atoms with Crippen molar-refractivity contribution in [2.75, 3.05) is 25.1 Å². The molecule has 3 fully saturated rings. The number of hydrogen-bond acceptors (Lipinski definition) is 7. The Kier molecular flexibility index (Phi) is 11.6. The minimum Gasteiger partial charge on any atom is -0.349 e. The number of ketones is 1. The summed E-state index contributed by atoms with van der Waals surface area (Å²) in [6.45, 7) is 11.9. The molecule has 1 aliphatic heterocycles. The fourth-order valence-electron chi connectivity index (χ4n) is 7.31. The second-order valence-corrected chi connectivity index (χ2v) is 17.3. The zero-order chi connectivity index (χ0) is 34.7. The molecule has 0 aromatic carbocycles. The largest absolute Gasteiger partial charge is 0.349 e. The van der Waals surface area contributed by atoms with Gasteiger partial charge in [-0.15, -0.1) is 12.3 Å². The van der Waals surface area contributed by atoms with Crippen LogP contribution in [-0.2, 0) is 29.0 Å². The zero-order valence-electron chi connectivity index (χ0n) is 28.5. The molecule has 3 unspecified atom stereocenters. The van der Waals surface area contributed by atoms with Crippen molar-refractivity contribution < 1.29 is 32.4 Å². The van der Waals surface area contributed by atoms with Crippen LogP contribution in [0.5, 0.6) is 0 Å². The highest BCUT2D eigenvalue weighted by Gasteiger charge is 2.70. The number of piperidine rings is 1. The number of carbonyl (C=O) groups is 5. The average Bonchev–Trinajstić information content (AvgIpc) is 3.26. The van der Waals surface area contributed by atoms with Gasteiger partial charge in [0.25, 0.3) is 5.91 Å². The molecule has 0 radical (unpaired) electrons. The first-order chi connectivity index (χ1) is 21.3. The maximum atomic E-state index is 14.3. The number of amides is 5. The summed E-state index contributed by atoms with van der Waals surface area (Å²) in [5, 5.41) is 11.0. The molecule has 13 heteroatoms. The lowest BCUT2D eigenvalue weighted by Gasteiger charge is -2.40. The van der Waals surface area contributed by atoms with Gasteiger partial charge >= 0.3 is 6.03 Å². The topological polar surface area (TPSA) is 171 Å². The highest BCUT2D eigenvalue weighted by molar-refractivity contribution is 7.90. The van der Waals surface area contributed by atoms with E-state index >= 15 is 0 Å². The normalized spacial score (nSPS) is 24.4. The SMILES string of the molecule is C#CCCC(NC(=O)[C@@H]1C2C(CN1C(=O)[C@@H](NC(=O)NC1(CS(C)(=O)=O)CCCCC1)C(C)(C)C)C2(C)C)C(=O)C(=O)NCCC. The van der Waals surface area contributed by atoms with Crippen LogP contribution in [0, 0.1) is 35.0 Å². The van der Waals surface area contributed by atoms with Gasteiger partial charge in [0, 0.05) is 25.8 Å². The molecule has 258 valence electrons. The third kappa shape index (κ3) is 8.81. The molecule has 46 heavy (non-hydrogen) atoms. The molecule has 1 saturated heterocycles. The van der Waals surface area contributed by atoms with E-state index in [2.05, 4.69) is 27.2 Å². The van der Waals surface area contributed by atoms with Crippen molar-refractivity contribution in [3.63, 3.8) is 0 Å². The fourth-order valence-corrected chi connectivity index (χ4v) is 8.67. The summed E-state index contributed by atoms with van der Waals surface area (Å²) in [7, 11) is -3.40. The molecule has 0 bridgehead atoms. The van der Waals surface area contributed by atoms with E-state index in [1.165, 1.54) is 4.90 Å². The van der Waals surface area contributed by atoms with Gasteiger partial charge in [0.15, 0.2) is 0 Å². The van der Waals surface area contributed by atoms with E-state index in [0.717, 1.165) is 25.5 Å². The van der Waals surface area contributed by atoms with Gasteiger partial charge in [0.1, 0.15) is 21.9 Å². The van der Waals surface area contributed by atoms with E-state index in [9.17, 15) is 32.4 Å². The van der Waals surface area contributed by atoms with E-state index in [-0.39, 0.29) is 35.8 Å². The molecular formula is C33H53N5O7S. The molecule has 0 aromatic heterocycles. The molecular weight excluding hydrogens is 610 g/mol. The smallest absolute Gasteiger partial charge is 0.315 e. The summed E-state index contributed by atoms with van der Waals surface area (Å²) in [6.07, 6.45) is 11.0. The summed E-state index contributed by atoms with van der Waals surface area (Å²) >= 11 is 0. The van der Waals surface area contributed by atoms with E-state index in [1.54, 1.807) is 0 Å². The molecule has 2 saturated carbocycles. The summed E-state index contributed by atoms with van der Waals surface area (Å²) in [5.74, 6) is -0.470. The van der Waals surface area contributed by atoms with Crippen LogP contribution < -0.4 is 21.3 Å². The van der Waals surface area contributed by atoms with Crippen LogP contribution in [0.3, 0.4) is 0 Å². The number of rotatable bonds is 13. The molecule has 5 amide bonds. The van der Waals surface area contributed by atoms with Crippen molar-refractivity contribution in [2.24, 2.45) is 22.7 Å². The minimum atomic E-state index is -3.40. The predicted octanol–water partition coefficient (Wildman–Crippen LogP) is 1.92. The number of fused-ring (bicyclic) bond motifs is 1. The Bertz CT molecular complexity index is 1340. The van der Waals surface area contributed by atoms with E-state index < -0.39 is 68.5 Å². The van der Waals surface area contributed by atoms with Crippen molar-refractivity contribution in [2.45, 2.75) is 117 Å². The number of nitrogens with zero attached hydrogens (tertiary/aromatic N) is 1. The molecule has 4 N–H and O–H groups in total. The number of nitrogens with one attached hydrogen (secondary N) is 4. The zero-order valence-corrected chi connectivity index (χ0v) is 29.3. The van der Waals surface area contributed by atoms with Crippen molar-refractivity contribution in [3.8, 4) is 12.3 Å². The minimum absolute atomic E-state index is 0.0367. The second-order valence-electron chi connectivity index (χ2n) is 15.1. The van der Waals surface area contributed by atoms with Crippen molar-refractivity contribution in [1.29, 1.82) is 0 Å². The first-order valence-corrected chi connectivity index (χ1v) is 18.5. The Morgan fingerprint density at radius 1 is 1.04 bits per heavy atom. The van der Waals surface area contributed by atoms with E-state index in [0.29, 0.717) is 32.4 Å². The maximum Gasteiger partial charge on any atom is 0.315 e. The Balaban J connectivity index is 1.84. The Morgan fingerprint density at radius 2 is 1.67 bits per heavy atom. The monoisotopic (exact) mass is 663 g/mol. The first kappa shape index (κ1) is 37.3. The molecule has 1 heterocycles. The van der Waals surface area contributed by atoms with Gasteiger partial charge < -0.3 is 26.2 Å². The van der Waals surface area contributed by atoms with Gasteiger partial charge in [-0.05, 0) is 48.3 Å². The molecule has 3 aliphatic rings. The lowest BCUT2D eigenvalue weighted by Crippen LogP contribution is -2.63. The number of terminal acetylenes is 1. The molecule has 3 rings (SSSR count). The summed E-state index contributed by atoms with van der Waals surface area (Å²) < 4.78 is 24.5. The quantitative estimate of drug-likeness (QED) is 0.172. The number of likely N-dealkylation sites (tertiary alicyclic amines) is 1. The first-order valence-electron chi connectivity index (χ1n) is 16.4. The van der Waals surface area contributed by atoms with E-state index in [1.807, 2.05) is 41.5 Å².